The standard InChI is InChI=1S/C22H24BrN3O3/c23-15-3-4-18-16(11-15)19(17(12-24-18)20(27)14-1-2-14)25-8-5-22(6-9-25)7-10-26(13-22)21(28)29/h3-4,11-12,14H,1-2,5-10,13H2,(H,28,29). The van der Waals surface area contributed by atoms with Crippen molar-refractivity contribution in [1.82, 2.24) is 9.88 Å². The number of pyridine rings is 1. The quantitative estimate of drug-likeness (QED) is 0.683. The Morgan fingerprint density at radius 1 is 1.14 bits per heavy atom. The van der Waals surface area contributed by atoms with Gasteiger partial charge in [-0.1, -0.05) is 15.9 Å². The molecule has 1 spiro atoms. The van der Waals surface area contributed by atoms with E-state index in [1.165, 1.54) is 0 Å². The zero-order valence-electron chi connectivity index (χ0n) is 16.2. The third-order valence-electron chi connectivity index (χ3n) is 6.86. The summed E-state index contributed by atoms with van der Waals surface area (Å²) >= 11 is 3.57. The highest BCUT2D eigenvalue weighted by Gasteiger charge is 2.43. The first kappa shape index (κ1) is 18.9. The Labute approximate surface area is 178 Å². The van der Waals surface area contributed by atoms with Crippen LogP contribution in [0.2, 0.25) is 0 Å². The number of nitrogens with zero attached hydrogens (tertiary/aromatic N) is 3. The van der Waals surface area contributed by atoms with Crippen LogP contribution in [-0.2, 0) is 0 Å². The van der Waals surface area contributed by atoms with Crippen molar-refractivity contribution in [1.29, 1.82) is 0 Å². The van der Waals surface area contributed by atoms with Crippen LogP contribution in [-0.4, -0.2) is 53.0 Å². The fourth-order valence-electron chi connectivity index (χ4n) is 4.95. The zero-order valence-corrected chi connectivity index (χ0v) is 17.8. The Hall–Kier alpha value is -2.15. The number of carboxylic acid groups (broad SMARTS) is 1. The molecule has 1 saturated carbocycles. The molecule has 0 atom stereocenters. The molecular weight excluding hydrogens is 434 g/mol. The maximum atomic E-state index is 13.0. The van der Waals surface area contributed by atoms with Crippen molar-refractivity contribution in [3.05, 3.63) is 34.4 Å². The van der Waals surface area contributed by atoms with Gasteiger partial charge in [0.2, 0.25) is 0 Å². The normalized spacial score (nSPS) is 21.1. The van der Waals surface area contributed by atoms with Crippen LogP contribution < -0.4 is 4.90 Å². The molecule has 3 heterocycles. The topological polar surface area (TPSA) is 73.7 Å². The Balaban J connectivity index is 1.48. The van der Waals surface area contributed by atoms with Gasteiger partial charge in [-0.3, -0.25) is 9.78 Å². The second kappa shape index (κ2) is 6.97. The van der Waals surface area contributed by atoms with E-state index in [2.05, 4.69) is 31.9 Å². The van der Waals surface area contributed by atoms with Crippen LogP contribution in [0.25, 0.3) is 10.9 Å². The van der Waals surface area contributed by atoms with Crippen LogP contribution in [0.5, 0.6) is 0 Å². The van der Waals surface area contributed by atoms with Crippen molar-refractivity contribution in [3.63, 3.8) is 0 Å². The first-order valence-corrected chi connectivity index (χ1v) is 11.1. The van der Waals surface area contributed by atoms with Gasteiger partial charge in [0.25, 0.3) is 0 Å². The number of benzene rings is 1. The van der Waals surface area contributed by atoms with E-state index in [1.807, 2.05) is 12.1 Å². The highest BCUT2D eigenvalue weighted by Crippen LogP contribution is 2.44. The lowest BCUT2D eigenvalue weighted by molar-refractivity contribution is 0.0967. The van der Waals surface area contributed by atoms with Gasteiger partial charge in [-0.15, -0.1) is 0 Å². The zero-order chi connectivity index (χ0) is 20.2. The number of likely N-dealkylation sites (tertiary alicyclic amines) is 1. The smallest absolute Gasteiger partial charge is 0.407 e. The summed E-state index contributed by atoms with van der Waals surface area (Å²) in [5, 5.41) is 10.3. The number of aromatic nitrogens is 1. The van der Waals surface area contributed by atoms with E-state index < -0.39 is 6.09 Å². The third kappa shape index (κ3) is 3.39. The van der Waals surface area contributed by atoms with Gasteiger partial charge in [0.1, 0.15) is 0 Å². The number of carbonyl (C=O) groups is 2. The molecule has 1 aromatic heterocycles. The molecule has 5 rings (SSSR count). The number of carbonyl (C=O) groups excluding carboxylic acids is 1. The number of hydrogen-bond acceptors (Lipinski definition) is 4. The molecule has 6 nitrogen and oxygen atoms in total. The molecule has 1 N–H and O–H groups in total. The number of halogens is 1. The third-order valence-corrected chi connectivity index (χ3v) is 7.36. The number of Topliss-reactive ketones (excluding diaryl/α,β-unsaturated/α-hetero) is 1. The summed E-state index contributed by atoms with van der Waals surface area (Å²) in [7, 11) is 0. The molecule has 2 aromatic rings. The summed E-state index contributed by atoms with van der Waals surface area (Å²) < 4.78 is 0.977. The van der Waals surface area contributed by atoms with Crippen LogP contribution in [0.1, 0.15) is 42.5 Å². The molecule has 0 radical (unpaired) electrons. The van der Waals surface area contributed by atoms with Gasteiger partial charge in [-0.25, -0.2) is 4.79 Å². The molecule has 1 aliphatic carbocycles. The van der Waals surface area contributed by atoms with Crippen LogP contribution >= 0.6 is 15.9 Å². The maximum Gasteiger partial charge on any atom is 0.407 e. The molecule has 1 amide bonds. The van der Waals surface area contributed by atoms with Crippen LogP contribution in [0.15, 0.2) is 28.9 Å². The Morgan fingerprint density at radius 2 is 1.86 bits per heavy atom. The van der Waals surface area contributed by atoms with Gasteiger partial charge in [0.05, 0.1) is 16.8 Å². The highest BCUT2D eigenvalue weighted by atomic mass is 79.9. The van der Waals surface area contributed by atoms with Crippen LogP contribution in [0.3, 0.4) is 0 Å². The fraction of sp³-hybridized carbons (Fsp3) is 0.500. The minimum atomic E-state index is -0.813. The van der Waals surface area contributed by atoms with Gasteiger partial charge >= 0.3 is 6.09 Å². The average Bonchev–Trinajstić information content (AvgIpc) is 3.48. The van der Waals surface area contributed by atoms with Gasteiger partial charge in [0.15, 0.2) is 5.78 Å². The summed E-state index contributed by atoms with van der Waals surface area (Å²) in [5.41, 5.74) is 2.73. The number of ketones is 1. The largest absolute Gasteiger partial charge is 0.465 e. The molecule has 152 valence electrons. The molecule has 29 heavy (non-hydrogen) atoms. The molecule has 3 fully saturated rings. The minimum absolute atomic E-state index is 0.0823. The first-order valence-electron chi connectivity index (χ1n) is 10.3. The van der Waals surface area contributed by atoms with Gasteiger partial charge in [-0.05, 0) is 55.7 Å². The SMILES string of the molecule is O=C(c1cnc2ccc(Br)cc2c1N1CCC2(CCN(C(=O)O)C2)CC1)C1CC1. The minimum Gasteiger partial charge on any atom is -0.465 e. The molecule has 7 heteroatoms. The number of fused-ring (bicyclic) bond motifs is 1. The van der Waals surface area contributed by atoms with Crippen molar-refractivity contribution in [2.75, 3.05) is 31.1 Å². The molecule has 3 aliphatic rings. The number of piperidine rings is 1. The van der Waals surface area contributed by atoms with E-state index in [0.717, 1.165) is 71.8 Å². The summed E-state index contributed by atoms with van der Waals surface area (Å²) in [5.74, 6) is 0.364. The number of rotatable bonds is 3. The fourth-order valence-corrected chi connectivity index (χ4v) is 5.31. The highest BCUT2D eigenvalue weighted by molar-refractivity contribution is 9.10. The molecular formula is C22H24BrN3O3. The first-order chi connectivity index (χ1) is 14.0. The second-order valence-electron chi connectivity index (χ2n) is 8.76. The van der Waals surface area contributed by atoms with Crippen LogP contribution in [0, 0.1) is 11.3 Å². The molecule has 0 unspecified atom stereocenters. The Bertz CT molecular complexity index is 996. The van der Waals surface area contributed by atoms with Crippen molar-refractivity contribution >= 4 is 44.4 Å². The van der Waals surface area contributed by atoms with Gasteiger partial charge in [-0.2, -0.15) is 0 Å². The predicted molar refractivity (Wildman–Crippen MR) is 115 cm³/mol. The lowest BCUT2D eigenvalue weighted by Gasteiger charge is -2.41. The van der Waals surface area contributed by atoms with Crippen molar-refractivity contribution in [2.24, 2.45) is 11.3 Å². The van der Waals surface area contributed by atoms with E-state index >= 15 is 0 Å². The summed E-state index contributed by atoms with van der Waals surface area (Å²) in [6.45, 7) is 2.94. The lowest BCUT2D eigenvalue weighted by Crippen LogP contribution is -2.42. The summed E-state index contributed by atoms with van der Waals surface area (Å²) in [6.07, 6.45) is 5.73. The average molecular weight is 458 g/mol. The monoisotopic (exact) mass is 457 g/mol. The maximum absolute atomic E-state index is 13.0. The molecule has 2 saturated heterocycles. The second-order valence-corrected chi connectivity index (χ2v) is 9.68. The van der Waals surface area contributed by atoms with Crippen LogP contribution in [0.4, 0.5) is 10.5 Å². The van der Waals surface area contributed by atoms with Gasteiger partial charge < -0.3 is 14.9 Å². The Morgan fingerprint density at radius 3 is 2.52 bits per heavy atom. The predicted octanol–water partition coefficient (Wildman–Crippen LogP) is 4.56. The molecule has 2 aliphatic heterocycles. The van der Waals surface area contributed by atoms with Crippen molar-refractivity contribution < 1.29 is 14.7 Å². The van der Waals surface area contributed by atoms with E-state index in [4.69, 9.17) is 0 Å². The van der Waals surface area contributed by atoms with E-state index in [-0.39, 0.29) is 17.1 Å². The van der Waals surface area contributed by atoms with E-state index in [1.54, 1.807) is 11.1 Å². The summed E-state index contributed by atoms with van der Waals surface area (Å²) in [6, 6.07) is 6.03. The van der Waals surface area contributed by atoms with E-state index in [0.29, 0.717) is 13.1 Å². The lowest BCUT2D eigenvalue weighted by atomic mass is 9.77. The Kier molecular flexibility index (Phi) is 4.53. The molecule has 0 bridgehead atoms. The van der Waals surface area contributed by atoms with Crippen molar-refractivity contribution in [3.8, 4) is 0 Å². The van der Waals surface area contributed by atoms with Crippen molar-refractivity contribution in [2.45, 2.75) is 32.1 Å². The van der Waals surface area contributed by atoms with E-state index in [9.17, 15) is 14.7 Å². The molecule has 1 aromatic carbocycles. The number of anilines is 1. The summed E-state index contributed by atoms with van der Waals surface area (Å²) in [4.78, 5) is 32.8. The number of amides is 1. The van der Waals surface area contributed by atoms with Gasteiger partial charge in [0, 0.05) is 48.2 Å². The number of hydrogen-bond donors (Lipinski definition) is 1.